The van der Waals surface area contributed by atoms with Gasteiger partial charge in [0.25, 0.3) is 5.89 Å². The first-order valence-electron chi connectivity index (χ1n) is 10.7. The highest BCUT2D eigenvalue weighted by Gasteiger charge is 2.17. The number of aliphatic hydroxyl groups excluding tert-OH is 1. The lowest BCUT2D eigenvalue weighted by atomic mass is 9.95. The van der Waals surface area contributed by atoms with Crippen molar-refractivity contribution >= 4 is 17.2 Å². The molecule has 7 heteroatoms. The van der Waals surface area contributed by atoms with Crippen molar-refractivity contribution in [2.75, 3.05) is 13.2 Å². The molecule has 0 aliphatic rings. The van der Waals surface area contributed by atoms with Crippen molar-refractivity contribution < 1.29 is 14.3 Å². The Morgan fingerprint density at radius 2 is 1.81 bits per heavy atom. The summed E-state index contributed by atoms with van der Waals surface area (Å²) in [7, 11) is 0. The number of aromatic nitrogens is 2. The molecule has 6 nitrogen and oxygen atoms in total. The summed E-state index contributed by atoms with van der Waals surface area (Å²) in [6.45, 7) is 10.9. The number of nitrogens with zero attached hydrogens (tertiary/aromatic N) is 2. The maximum atomic E-state index is 11.9. The molecule has 0 bridgehead atoms. The van der Waals surface area contributed by atoms with Crippen molar-refractivity contribution in [1.29, 1.82) is 0 Å². The van der Waals surface area contributed by atoms with Gasteiger partial charge in [0.1, 0.15) is 0 Å². The number of benzene rings is 1. The Balaban J connectivity index is 1.77. The number of carbonyl (C=O) groups excluding carboxylic acids is 1. The highest BCUT2D eigenvalue weighted by molar-refractivity contribution is 7.15. The minimum atomic E-state index is -0.0541. The summed E-state index contributed by atoms with van der Waals surface area (Å²) in [6.07, 6.45) is 2.08. The number of rotatable bonds is 9. The summed E-state index contributed by atoms with van der Waals surface area (Å²) in [5.74, 6) is 1.61. The number of hydrogen-bond donors (Lipinski definition) is 2. The quantitative estimate of drug-likeness (QED) is 0.505. The van der Waals surface area contributed by atoms with Crippen LogP contribution in [0.4, 0.5) is 0 Å². The molecule has 31 heavy (non-hydrogen) atoms. The van der Waals surface area contributed by atoms with Gasteiger partial charge in [0.15, 0.2) is 0 Å². The lowest BCUT2D eigenvalue weighted by Crippen LogP contribution is -2.26. The molecule has 0 aliphatic heterocycles. The maximum Gasteiger partial charge on any atom is 0.258 e. The molecule has 0 saturated carbocycles. The molecule has 166 valence electrons. The van der Waals surface area contributed by atoms with Crippen LogP contribution >= 0.6 is 11.3 Å². The molecule has 0 aliphatic carbocycles. The standard InChI is InChI=1S/C24H31N3O3S/c1-14(2)10-18-13-21(31-17(18)5)24-27-26-23(30-24)19-11-15(3)20(16(4)12-19)6-7-22(29)25-8-9-28/h11-14,28H,6-10H2,1-5H3,(H,25,29). The van der Waals surface area contributed by atoms with Gasteiger partial charge < -0.3 is 14.8 Å². The Bertz CT molecular complexity index is 1030. The Labute approximate surface area is 187 Å². The van der Waals surface area contributed by atoms with Crippen molar-refractivity contribution in [3.63, 3.8) is 0 Å². The van der Waals surface area contributed by atoms with Gasteiger partial charge >= 0.3 is 0 Å². The van der Waals surface area contributed by atoms with E-state index >= 15 is 0 Å². The van der Waals surface area contributed by atoms with E-state index in [0.717, 1.165) is 33.6 Å². The van der Waals surface area contributed by atoms with Crippen molar-refractivity contribution in [3.05, 3.63) is 45.3 Å². The molecular weight excluding hydrogens is 410 g/mol. The first-order valence-corrected chi connectivity index (χ1v) is 11.5. The molecule has 2 aromatic heterocycles. The van der Waals surface area contributed by atoms with Gasteiger partial charge in [-0.15, -0.1) is 21.5 Å². The zero-order valence-corrected chi connectivity index (χ0v) is 19.7. The fourth-order valence-corrected chi connectivity index (χ4v) is 4.71. The maximum absolute atomic E-state index is 11.9. The molecule has 0 saturated heterocycles. The Kier molecular flexibility index (Phi) is 7.62. The van der Waals surface area contributed by atoms with Crippen LogP contribution < -0.4 is 5.32 Å². The number of carbonyl (C=O) groups is 1. The van der Waals surface area contributed by atoms with Gasteiger partial charge in [-0.1, -0.05) is 13.8 Å². The second-order valence-corrected chi connectivity index (χ2v) is 9.62. The van der Waals surface area contributed by atoms with Crippen LogP contribution in [-0.2, 0) is 17.6 Å². The van der Waals surface area contributed by atoms with Crippen molar-refractivity contribution in [2.45, 2.75) is 53.9 Å². The predicted molar refractivity (Wildman–Crippen MR) is 124 cm³/mol. The third kappa shape index (κ3) is 5.80. The van der Waals surface area contributed by atoms with Crippen LogP contribution in [0.1, 0.15) is 47.4 Å². The number of amides is 1. The Morgan fingerprint density at radius 3 is 2.45 bits per heavy atom. The van der Waals surface area contributed by atoms with Crippen LogP contribution in [0.15, 0.2) is 22.6 Å². The third-order valence-corrected chi connectivity index (χ3v) is 6.34. The molecule has 3 rings (SSSR count). The molecule has 1 amide bonds. The van der Waals surface area contributed by atoms with Crippen molar-refractivity contribution in [1.82, 2.24) is 15.5 Å². The Hall–Kier alpha value is -2.51. The summed E-state index contributed by atoms with van der Waals surface area (Å²) in [4.78, 5) is 14.2. The number of thiophene rings is 1. The molecule has 3 aromatic rings. The van der Waals surface area contributed by atoms with E-state index in [1.807, 2.05) is 26.0 Å². The van der Waals surface area contributed by atoms with E-state index in [4.69, 9.17) is 9.52 Å². The van der Waals surface area contributed by atoms with Gasteiger partial charge in [-0.2, -0.15) is 0 Å². The second-order valence-electron chi connectivity index (χ2n) is 8.36. The lowest BCUT2D eigenvalue weighted by molar-refractivity contribution is -0.121. The molecule has 2 heterocycles. The summed E-state index contributed by atoms with van der Waals surface area (Å²) < 4.78 is 6.02. The first kappa shape index (κ1) is 23.2. The molecular formula is C24H31N3O3S. The van der Waals surface area contributed by atoms with Crippen LogP contribution in [0.3, 0.4) is 0 Å². The average Bonchev–Trinajstić information content (AvgIpc) is 3.32. The van der Waals surface area contributed by atoms with Gasteiger partial charge in [-0.3, -0.25) is 4.79 Å². The van der Waals surface area contributed by atoms with Crippen LogP contribution in [0.25, 0.3) is 22.2 Å². The molecule has 0 atom stereocenters. The van der Waals surface area contributed by atoms with E-state index in [1.54, 1.807) is 11.3 Å². The highest BCUT2D eigenvalue weighted by Crippen LogP contribution is 2.33. The number of aryl methyl sites for hydroxylation is 3. The second kappa shape index (κ2) is 10.2. The fourth-order valence-electron chi connectivity index (χ4n) is 3.74. The predicted octanol–water partition coefficient (Wildman–Crippen LogP) is 4.63. The highest BCUT2D eigenvalue weighted by atomic mass is 32.1. The van der Waals surface area contributed by atoms with Gasteiger partial charge in [0, 0.05) is 23.4 Å². The Morgan fingerprint density at radius 1 is 1.13 bits per heavy atom. The van der Waals surface area contributed by atoms with E-state index in [2.05, 4.69) is 42.4 Å². The van der Waals surface area contributed by atoms with Crippen LogP contribution in [0.5, 0.6) is 0 Å². The smallest absolute Gasteiger partial charge is 0.258 e. The minimum Gasteiger partial charge on any atom is -0.415 e. The van der Waals surface area contributed by atoms with E-state index in [1.165, 1.54) is 10.4 Å². The van der Waals surface area contributed by atoms with E-state index in [0.29, 0.717) is 30.5 Å². The van der Waals surface area contributed by atoms with Gasteiger partial charge in [-0.05, 0) is 80.0 Å². The van der Waals surface area contributed by atoms with Crippen molar-refractivity contribution in [3.8, 4) is 22.2 Å². The van der Waals surface area contributed by atoms with E-state index in [-0.39, 0.29) is 19.1 Å². The van der Waals surface area contributed by atoms with E-state index < -0.39 is 0 Å². The first-order chi connectivity index (χ1) is 14.8. The normalized spacial score (nSPS) is 11.3. The van der Waals surface area contributed by atoms with Gasteiger partial charge in [-0.25, -0.2) is 0 Å². The summed E-state index contributed by atoms with van der Waals surface area (Å²) >= 11 is 1.69. The third-order valence-electron chi connectivity index (χ3n) is 5.26. The molecule has 2 N–H and O–H groups in total. The largest absolute Gasteiger partial charge is 0.415 e. The topological polar surface area (TPSA) is 88.2 Å². The van der Waals surface area contributed by atoms with E-state index in [9.17, 15) is 4.79 Å². The summed E-state index contributed by atoms with van der Waals surface area (Å²) in [6, 6.07) is 6.24. The molecule has 0 spiro atoms. The minimum absolute atomic E-state index is 0.0469. The SMILES string of the molecule is Cc1cc(-c2nnc(-c3cc(CC(C)C)c(C)s3)o2)cc(C)c1CCC(=O)NCCO. The van der Waals surface area contributed by atoms with Gasteiger partial charge in [0.05, 0.1) is 11.5 Å². The zero-order chi connectivity index (χ0) is 22.5. The van der Waals surface area contributed by atoms with Crippen molar-refractivity contribution in [2.24, 2.45) is 5.92 Å². The number of nitrogens with one attached hydrogen (secondary N) is 1. The number of hydrogen-bond acceptors (Lipinski definition) is 6. The zero-order valence-electron chi connectivity index (χ0n) is 18.9. The molecule has 0 unspecified atom stereocenters. The monoisotopic (exact) mass is 441 g/mol. The number of aliphatic hydroxyl groups is 1. The summed E-state index contributed by atoms with van der Waals surface area (Å²) in [5, 5.41) is 20.1. The average molecular weight is 442 g/mol. The van der Waals surface area contributed by atoms with Crippen LogP contribution in [-0.4, -0.2) is 34.4 Å². The fraction of sp³-hybridized carbons (Fsp3) is 0.458. The van der Waals surface area contributed by atoms with Crippen LogP contribution in [0, 0.1) is 26.7 Å². The molecule has 0 fully saturated rings. The molecule has 0 radical (unpaired) electrons. The lowest BCUT2D eigenvalue weighted by Gasteiger charge is -2.11. The van der Waals surface area contributed by atoms with Gasteiger partial charge in [0.2, 0.25) is 11.8 Å². The summed E-state index contributed by atoms with van der Waals surface area (Å²) in [5.41, 5.74) is 5.56. The molecule has 1 aromatic carbocycles. The van der Waals surface area contributed by atoms with Crippen LogP contribution in [0.2, 0.25) is 0 Å².